The molecule has 1 aromatic rings. The molecule has 3 rings (SSSR count). The van der Waals surface area contributed by atoms with E-state index in [0.717, 1.165) is 19.4 Å². The second-order valence-corrected chi connectivity index (χ2v) is 8.99. The first-order chi connectivity index (χ1) is 11.9. The van der Waals surface area contributed by atoms with Gasteiger partial charge < -0.3 is 10.2 Å². The summed E-state index contributed by atoms with van der Waals surface area (Å²) in [7, 11) is -3.14. The van der Waals surface area contributed by atoms with Crippen molar-refractivity contribution in [3.63, 3.8) is 0 Å². The highest BCUT2D eigenvalue weighted by Gasteiger charge is 2.30. The number of hydrogen-bond donors (Lipinski definition) is 1. The van der Waals surface area contributed by atoms with Crippen molar-refractivity contribution >= 4 is 21.6 Å². The summed E-state index contributed by atoms with van der Waals surface area (Å²) in [6, 6.07) is 10.7. The third kappa shape index (κ3) is 4.52. The summed E-state index contributed by atoms with van der Waals surface area (Å²) in [6.45, 7) is 2.56. The molecule has 2 saturated heterocycles. The van der Waals surface area contributed by atoms with E-state index in [0.29, 0.717) is 38.5 Å². The number of anilines is 1. The highest BCUT2D eigenvalue weighted by molar-refractivity contribution is 7.88. The van der Waals surface area contributed by atoms with Crippen LogP contribution in [-0.2, 0) is 14.8 Å². The molecule has 1 atom stereocenters. The van der Waals surface area contributed by atoms with Gasteiger partial charge in [0.05, 0.1) is 6.26 Å². The number of para-hydroxylation sites is 1. The fraction of sp³-hybridized carbons (Fsp3) is 0.611. The Bertz CT molecular complexity index is 685. The van der Waals surface area contributed by atoms with Gasteiger partial charge >= 0.3 is 0 Å². The molecule has 2 aliphatic heterocycles. The maximum atomic E-state index is 12.5. The van der Waals surface area contributed by atoms with Crippen molar-refractivity contribution in [3.8, 4) is 0 Å². The van der Waals surface area contributed by atoms with Gasteiger partial charge in [0.1, 0.15) is 0 Å². The number of carbonyl (C=O) groups is 1. The topological polar surface area (TPSA) is 69.7 Å². The van der Waals surface area contributed by atoms with E-state index >= 15 is 0 Å². The number of hydrogen-bond acceptors (Lipinski definition) is 4. The molecular formula is C18H27N3O3S. The van der Waals surface area contributed by atoms with Gasteiger partial charge in [0, 0.05) is 43.8 Å². The van der Waals surface area contributed by atoms with Crippen molar-refractivity contribution in [2.24, 2.45) is 5.92 Å². The molecule has 1 aromatic carbocycles. The lowest BCUT2D eigenvalue weighted by Gasteiger charge is -2.31. The summed E-state index contributed by atoms with van der Waals surface area (Å²) in [6.07, 6.45) is 4.66. The Labute approximate surface area is 150 Å². The van der Waals surface area contributed by atoms with Gasteiger partial charge in [0.2, 0.25) is 15.9 Å². The lowest BCUT2D eigenvalue weighted by Crippen LogP contribution is -2.45. The summed E-state index contributed by atoms with van der Waals surface area (Å²) in [5, 5.41) is 3.10. The van der Waals surface area contributed by atoms with E-state index in [-0.39, 0.29) is 11.8 Å². The molecule has 0 bridgehead atoms. The van der Waals surface area contributed by atoms with Crippen LogP contribution in [0.3, 0.4) is 0 Å². The predicted octanol–water partition coefficient (Wildman–Crippen LogP) is 1.44. The number of benzene rings is 1. The number of carbonyl (C=O) groups excluding carboxylic acids is 1. The minimum Gasteiger partial charge on any atom is -0.367 e. The van der Waals surface area contributed by atoms with E-state index in [1.54, 1.807) is 0 Å². The Morgan fingerprint density at radius 2 is 1.80 bits per heavy atom. The average molecular weight is 365 g/mol. The molecule has 7 heteroatoms. The van der Waals surface area contributed by atoms with Gasteiger partial charge in [-0.2, -0.15) is 0 Å². The summed E-state index contributed by atoms with van der Waals surface area (Å²) in [5.74, 6) is -0.0161. The number of nitrogens with zero attached hydrogens (tertiary/aromatic N) is 2. The van der Waals surface area contributed by atoms with Crippen molar-refractivity contribution in [2.75, 3.05) is 37.3 Å². The van der Waals surface area contributed by atoms with Crippen molar-refractivity contribution in [1.82, 2.24) is 9.62 Å². The van der Waals surface area contributed by atoms with Gasteiger partial charge in [-0.25, -0.2) is 12.7 Å². The van der Waals surface area contributed by atoms with Gasteiger partial charge in [0.25, 0.3) is 0 Å². The van der Waals surface area contributed by atoms with Crippen molar-refractivity contribution in [3.05, 3.63) is 30.3 Å². The first kappa shape index (κ1) is 18.2. The Morgan fingerprint density at radius 3 is 2.44 bits per heavy atom. The first-order valence-corrected chi connectivity index (χ1v) is 10.8. The normalized spacial score (nSPS) is 22.9. The molecule has 25 heavy (non-hydrogen) atoms. The van der Waals surface area contributed by atoms with Gasteiger partial charge in [-0.15, -0.1) is 0 Å². The zero-order valence-corrected chi connectivity index (χ0v) is 15.5. The van der Waals surface area contributed by atoms with E-state index in [1.807, 2.05) is 18.2 Å². The van der Waals surface area contributed by atoms with E-state index in [2.05, 4.69) is 22.3 Å². The Morgan fingerprint density at radius 1 is 1.12 bits per heavy atom. The van der Waals surface area contributed by atoms with Crippen LogP contribution < -0.4 is 10.2 Å². The first-order valence-electron chi connectivity index (χ1n) is 8.99. The Balaban J connectivity index is 1.49. The molecule has 1 N–H and O–H groups in total. The molecule has 6 nitrogen and oxygen atoms in total. The molecule has 2 heterocycles. The molecule has 1 amide bonds. The maximum absolute atomic E-state index is 12.5. The number of amides is 1. The predicted molar refractivity (Wildman–Crippen MR) is 99.0 cm³/mol. The highest BCUT2D eigenvalue weighted by atomic mass is 32.2. The van der Waals surface area contributed by atoms with Gasteiger partial charge in [-0.3, -0.25) is 4.79 Å². The Kier molecular flexibility index (Phi) is 5.64. The molecule has 2 aliphatic rings. The standard InChI is InChI=1S/C18H27N3O3S/c1-25(23,24)20-12-9-15(10-13-20)18(22)19-14-17-8-5-11-21(17)16-6-3-2-4-7-16/h2-4,6-7,15,17H,5,8-14H2,1H3,(H,19,22). The van der Waals surface area contributed by atoms with Crippen LogP contribution in [0.15, 0.2) is 30.3 Å². The third-order valence-electron chi connectivity index (χ3n) is 5.27. The smallest absolute Gasteiger partial charge is 0.223 e. The fourth-order valence-electron chi connectivity index (χ4n) is 3.82. The number of rotatable bonds is 5. The molecule has 2 fully saturated rings. The van der Waals surface area contributed by atoms with Crippen molar-refractivity contribution in [1.29, 1.82) is 0 Å². The van der Waals surface area contributed by atoms with Crippen LogP contribution in [0.4, 0.5) is 5.69 Å². The number of sulfonamides is 1. The monoisotopic (exact) mass is 365 g/mol. The second kappa shape index (κ2) is 7.74. The van der Waals surface area contributed by atoms with Crippen LogP contribution in [0, 0.1) is 5.92 Å². The molecule has 0 aromatic heterocycles. The molecule has 1 unspecified atom stereocenters. The minimum absolute atomic E-state index is 0.0630. The zero-order valence-electron chi connectivity index (χ0n) is 14.7. The van der Waals surface area contributed by atoms with Crippen molar-refractivity contribution in [2.45, 2.75) is 31.7 Å². The molecule has 0 aliphatic carbocycles. The van der Waals surface area contributed by atoms with E-state index in [1.165, 1.54) is 16.2 Å². The van der Waals surface area contributed by atoms with Gasteiger partial charge in [0.15, 0.2) is 0 Å². The van der Waals surface area contributed by atoms with Gasteiger partial charge in [-0.1, -0.05) is 18.2 Å². The summed E-state index contributed by atoms with van der Waals surface area (Å²) in [4.78, 5) is 14.8. The van der Waals surface area contributed by atoms with Crippen LogP contribution in [0.25, 0.3) is 0 Å². The van der Waals surface area contributed by atoms with E-state index in [4.69, 9.17) is 0 Å². The largest absolute Gasteiger partial charge is 0.367 e. The zero-order chi connectivity index (χ0) is 17.9. The van der Waals surface area contributed by atoms with Crippen LogP contribution >= 0.6 is 0 Å². The average Bonchev–Trinajstić information content (AvgIpc) is 3.08. The van der Waals surface area contributed by atoms with Gasteiger partial charge in [-0.05, 0) is 37.8 Å². The second-order valence-electron chi connectivity index (χ2n) is 7.01. The van der Waals surface area contributed by atoms with Crippen LogP contribution in [0.5, 0.6) is 0 Å². The highest BCUT2D eigenvalue weighted by Crippen LogP contribution is 2.25. The summed E-state index contributed by atoms with van der Waals surface area (Å²) < 4.78 is 24.6. The third-order valence-corrected chi connectivity index (χ3v) is 6.57. The fourth-order valence-corrected chi connectivity index (χ4v) is 4.69. The molecule has 0 saturated carbocycles. The maximum Gasteiger partial charge on any atom is 0.223 e. The molecule has 0 radical (unpaired) electrons. The lowest BCUT2D eigenvalue weighted by atomic mass is 9.97. The van der Waals surface area contributed by atoms with E-state index in [9.17, 15) is 13.2 Å². The van der Waals surface area contributed by atoms with Crippen LogP contribution in [0.2, 0.25) is 0 Å². The van der Waals surface area contributed by atoms with Crippen LogP contribution in [-0.4, -0.2) is 57.1 Å². The van der Waals surface area contributed by atoms with Crippen LogP contribution in [0.1, 0.15) is 25.7 Å². The number of nitrogens with one attached hydrogen (secondary N) is 1. The SMILES string of the molecule is CS(=O)(=O)N1CCC(C(=O)NCC2CCCN2c2ccccc2)CC1. The minimum atomic E-state index is -3.14. The Hall–Kier alpha value is -1.60. The molecule has 0 spiro atoms. The summed E-state index contributed by atoms with van der Waals surface area (Å²) in [5.41, 5.74) is 1.21. The number of piperidine rings is 1. The lowest BCUT2D eigenvalue weighted by molar-refractivity contribution is -0.126. The molecular weight excluding hydrogens is 338 g/mol. The van der Waals surface area contributed by atoms with E-state index < -0.39 is 10.0 Å². The summed E-state index contributed by atoms with van der Waals surface area (Å²) >= 11 is 0. The quantitative estimate of drug-likeness (QED) is 0.857. The molecule has 138 valence electrons. The van der Waals surface area contributed by atoms with Crippen molar-refractivity contribution < 1.29 is 13.2 Å².